The summed E-state index contributed by atoms with van der Waals surface area (Å²) in [5.74, 6) is -1.61. The lowest BCUT2D eigenvalue weighted by Crippen LogP contribution is -2.56. The Labute approximate surface area is 204 Å². The predicted molar refractivity (Wildman–Crippen MR) is 128 cm³/mol. The number of alkyl carbamates (subject to hydrolysis) is 1. The van der Waals surface area contributed by atoms with Crippen LogP contribution in [0.2, 0.25) is 0 Å². The minimum atomic E-state index is -0.875. The summed E-state index contributed by atoms with van der Waals surface area (Å²) in [5, 5.41) is 14.9. The molecule has 0 bridgehead atoms. The van der Waals surface area contributed by atoms with Gasteiger partial charge in [-0.2, -0.15) is 0 Å². The van der Waals surface area contributed by atoms with Crippen LogP contribution in [0.25, 0.3) is 11.1 Å². The van der Waals surface area contributed by atoms with Crippen molar-refractivity contribution in [3.63, 3.8) is 0 Å². The molecule has 8 heteroatoms. The van der Waals surface area contributed by atoms with Crippen LogP contribution < -0.4 is 10.6 Å². The molecule has 2 aromatic rings. The molecule has 2 atom stereocenters. The average molecular weight is 479 g/mol. The molecule has 1 aliphatic heterocycles. The van der Waals surface area contributed by atoms with Crippen molar-refractivity contribution >= 4 is 18.0 Å². The highest BCUT2D eigenvalue weighted by atomic mass is 16.5. The van der Waals surface area contributed by atoms with E-state index in [0.717, 1.165) is 17.5 Å². The summed E-state index contributed by atoms with van der Waals surface area (Å²) >= 11 is 0. The van der Waals surface area contributed by atoms with Crippen molar-refractivity contribution in [2.24, 2.45) is 5.92 Å². The van der Waals surface area contributed by atoms with Gasteiger partial charge in [-0.3, -0.25) is 9.59 Å². The van der Waals surface area contributed by atoms with E-state index in [0.29, 0.717) is 19.3 Å². The number of hydrogen-bond donors (Lipinski definition) is 3. The second-order valence-corrected chi connectivity index (χ2v) is 9.79. The van der Waals surface area contributed by atoms with Crippen LogP contribution in [0, 0.1) is 5.92 Å². The molecule has 3 N–H and O–H groups in total. The van der Waals surface area contributed by atoms with Gasteiger partial charge in [0.1, 0.15) is 6.61 Å². The van der Waals surface area contributed by atoms with Crippen LogP contribution in [0.5, 0.6) is 0 Å². The SMILES string of the molecule is O=C(CC1(NC(=O)OCC2c3ccccc3-c3ccccc32)CCC1)NCC1CC(C(=O)O)CO1. The molecule has 2 amide bonds. The van der Waals surface area contributed by atoms with Gasteiger partial charge in [-0.1, -0.05) is 48.5 Å². The van der Waals surface area contributed by atoms with Gasteiger partial charge in [-0.25, -0.2) is 4.79 Å². The van der Waals surface area contributed by atoms with Gasteiger partial charge in [0.2, 0.25) is 5.91 Å². The van der Waals surface area contributed by atoms with Crippen LogP contribution in [-0.4, -0.2) is 54.5 Å². The molecule has 8 nitrogen and oxygen atoms in total. The van der Waals surface area contributed by atoms with Gasteiger partial charge in [0.15, 0.2) is 0 Å². The van der Waals surface area contributed by atoms with Crippen molar-refractivity contribution in [2.75, 3.05) is 19.8 Å². The van der Waals surface area contributed by atoms with Gasteiger partial charge in [-0.05, 0) is 47.9 Å². The third-order valence-corrected chi connectivity index (χ3v) is 7.48. The van der Waals surface area contributed by atoms with E-state index in [1.165, 1.54) is 11.1 Å². The second-order valence-electron chi connectivity index (χ2n) is 9.79. The first-order chi connectivity index (χ1) is 16.9. The monoisotopic (exact) mass is 478 g/mol. The largest absolute Gasteiger partial charge is 0.481 e. The van der Waals surface area contributed by atoms with E-state index in [-0.39, 0.29) is 44.1 Å². The third kappa shape index (κ3) is 4.89. The summed E-state index contributed by atoms with van der Waals surface area (Å²) in [6.07, 6.45) is 2.10. The van der Waals surface area contributed by atoms with Crippen LogP contribution in [0.15, 0.2) is 48.5 Å². The Bertz CT molecular complexity index is 1080. The Balaban J connectivity index is 1.13. The molecule has 3 aliphatic rings. The molecule has 2 aromatic carbocycles. The number of hydrogen-bond acceptors (Lipinski definition) is 5. The van der Waals surface area contributed by atoms with Crippen molar-refractivity contribution in [1.29, 1.82) is 0 Å². The number of carbonyl (C=O) groups excluding carboxylic acids is 2. The van der Waals surface area contributed by atoms with Gasteiger partial charge in [0.05, 0.1) is 24.2 Å². The molecule has 184 valence electrons. The number of amides is 2. The molecule has 35 heavy (non-hydrogen) atoms. The van der Waals surface area contributed by atoms with E-state index in [9.17, 15) is 14.4 Å². The molecule has 1 saturated heterocycles. The number of fused-ring (bicyclic) bond motifs is 3. The van der Waals surface area contributed by atoms with Crippen LogP contribution >= 0.6 is 0 Å². The summed E-state index contributed by atoms with van der Waals surface area (Å²) in [5.41, 5.74) is 4.04. The highest BCUT2D eigenvalue weighted by Crippen LogP contribution is 2.44. The van der Waals surface area contributed by atoms with Crippen LogP contribution in [0.1, 0.15) is 49.1 Å². The van der Waals surface area contributed by atoms with Gasteiger partial charge < -0.3 is 25.2 Å². The fourth-order valence-electron chi connectivity index (χ4n) is 5.42. The number of benzene rings is 2. The number of carboxylic acids is 1. The lowest BCUT2D eigenvalue weighted by molar-refractivity contribution is -0.141. The number of carboxylic acid groups (broad SMARTS) is 1. The number of rotatable bonds is 8. The van der Waals surface area contributed by atoms with Gasteiger partial charge in [0, 0.05) is 18.9 Å². The van der Waals surface area contributed by atoms with Crippen molar-refractivity contribution in [3.8, 4) is 11.1 Å². The number of nitrogens with one attached hydrogen (secondary N) is 2. The predicted octanol–water partition coefficient (Wildman–Crippen LogP) is 3.44. The van der Waals surface area contributed by atoms with E-state index < -0.39 is 23.5 Å². The van der Waals surface area contributed by atoms with Crippen LogP contribution in [-0.2, 0) is 19.1 Å². The molecule has 1 heterocycles. The van der Waals surface area contributed by atoms with E-state index in [4.69, 9.17) is 14.6 Å². The Kier molecular flexibility index (Phi) is 6.47. The summed E-state index contributed by atoms with van der Waals surface area (Å²) in [6, 6.07) is 16.4. The molecule has 0 radical (unpaired) electrons. The summed E-state index contributed by atoms with van der Waals surface area (Å²) in [7, 11) is 0. The van der Waals surface area contributed by atoms with Crippen molar-refractivity contribution in [1.82, 2.24) is 10.6 Å². The molecule has 5 rings (SSSR count). The first kappa shape index (κ1) is 23.4. The van der Waals surface area contributed by atoms with Gasteiger partial charge in [0.25, 0.3) is 0 Å². The lowest BCUT2D eigenvalue weighted by Gasteiger charge is -2.41. The standard InChI is InChI=1S/C27H30N2O6/c30-24(28-14-18-12-17(15-34-18)25(31)32)13-27(10-5-11-27)29-26(33)35-16-23-21-8-3-1-6-19(21)20-7-2-4-9-22(20)23/h1-4,6-9,17-18,23H,5,10-16H2,(H,28,30)(H,29,33)(H,31,32). The fourth-order valence-corrected chi connectivity index (χ4v) is 5.42. The lowest BCUT2D eigenvalue weighted by atomic mass is 9.74. The molecule has 0 aromatic heterocycles. The molecule has 2 aliphatic carbocycles. The maximum absolute atomic E-state index is 12.7. The van der Waals surface area contributed by atoms with Crippen LogP contribution in [0.4, 0.5) is 4.79 Å². The Hall–Kier alpha value is -3.39. The van der Waals surface area contributed by atoms with E-state index in [2.05, 4.69) is 34.9 Å². The number of aliphatic carboxylic acids is 1. The van der Waals surface area contributed by atoms with Gasteiger partial charge >= 0.3 is 12.1 Å². The Morgan fingerprint density at radius 3 is 2.26 bits per heavy atom. The third-order valence-electron chi connectivity index (χ3n) is 7.48. The zero-order chi connectivity index (χ0) is 24.4. The number of carbonyl (C=O) groups is 3. The molecule has 1 saturated carbocycles. The highest BCUT2D eigenvalue weighted by molar-refractivity contribution is 5.80. The number of ether oxygens (including phenoxy) is 2. The van der Waals surface area contributed by atoms with Gasteiger partial charge in [-0.15, -0.1) is 0 Å². The normalized spacial score (nSPS) is 21.9. The zero-order valence-corrected chi connectivity index (χ0v) is 19.5. The summed E-state index contributed by atoms with van der Waals surface area (Å²) in [6.45, 7) is 0.665. The zero-order valence-electron chi connectivity index (χ0n) is 19.5. The highest BCUT2D eigenvalue weighted by Gasteiger charge is 2.41. The van der Waals surface area contributed by atoms with Crippen LogP contribution in [0.3, 0.4) is 0 Å². The fraction of sp³-hybridized carbons (Fsp3) is 0.444. The molecule has 2 fully saturated rings. The first-order valence-electron chi connectivity index (χ1n) is 12.2. The quantitative estimate of drug-likeness (QED) is 0.536. The van der Waals surface area contributed by atoms with Crippen molar-refractivity contribution < 1.29 is 29.0 Å². The smallest absolute Gasteiger partial charge is 0.407 e. The van der Waals surface area contributed by atoms with E-state index >= 15 is 0 Å². The maximum Gasteiger partial charge on any atom is 0.407 e. The van der Waals surface area contributed by atoms with E-state index in [1.54, 1.807) is 0 Å². The molecular weight excluding hydrogens is 448 g/mol. The summed E-state index contributed by atoms with van der Waals surface area (Å²) in [4.78, 5) is 36.4. The Morgan fingerprint density at radius 1 is 1.03 bits per heavy atom. The topological polar surface area (TPSA) is 114 Å². The molecular formula is C27H30N2O6. The minimum Gasteiger partial charge on any atom is -0.481 e. The van der Waals surface area contributed by atoms with E-state index in [1.807, 2.05) is 24.3 Å². The maximum atomic E-state index is 12.7. The molecule has 2 unspecified atom stereocenters. The molecule has 0 spiro atoms. The van der Waals surface area contributed by atoms with Crippen molar-refractivity contribution in [2.45, 2.75) is 49.7 Å². The second kappa shape index (κ2) is 9.70. The summed E-state index contributed by atoms with van der Waals surface area (Å²) < 4.78 is 11.1. The minimum absolute atomic E-state index is 0.0187. The Morgan fingerprint density at radius 2 is 1.69 bits per heavy atom. The first-order valence-corrected chi connectivity index (χ1v) is 12.2. The average Bonchev–Trinajstić information content (AvgIpc) is 3.43. The van der Waals surface area contributed by atoms with Crippen molar-refractivity contribution in [3.05, 3.63) is 59.7 Å².